The maximum Gasteiger partial charge on any atom is 0.136 e. The first-order valence-electron chi connectivity index (χ1n) is 13.6. The van der Waals surface area contributed by atoms with Crippen LogP contribution in [-0.2, 0) is 0 Å². The number of hydrogen-bond donors (Lipinski definition) is 0. The van der Waals surface area contributed by atoms with Gasteiger partial charge in [-0.25, -0.2) is 0 Å². The number of thiophene rings is 1. The molecule has 0 atom stereocenters. The molecule has 0 saturated carbocycles. The maximum atomic E-state index is 10.0. The van der Waals surface area contributed by atoms with Crippen LogP contribution >= 0.6 is 11.3 Å². The average Bonchev–Trinajstić information content (AvgIpc) is 3.62. The van der Waals surface area contributed by atoms with Crippen LogP contribution in [0.5, 0.6) is 0 Å². The van der Waals surface area contributed by atoms with Gasteiger partial charge in [-0.05, 0) is 94.0 Å². The molecule has 0 aliphatic heterocycles. The number of rotatable bonds is 3. The van der Waals surface area contributed by atoms with E-state index in [1.807, 2.05) is 36.4 Å². The van der Waals surface area contributed by atoms with Crippen molar-refractivity contribution in [3.05, 3.63) is 132 Å². The van der Waals surface area contributed by atoms with Crippen LogP contribution < -0.4 is 0 Å². The van der Waals surface area contributed by atoms with E-state index >= 15 is 0 Å². The van der Waals surface area contributed by atoms with E-state index in [-0.39, 0.29) is 0 Å². The highest BCUT2D eigenvalue weighted by Crippen LogP contribution is 2.42. The highest BCUT2D eigenvalue weighted by atomic mass is 32.1. The van der Waals surface area contributed by atoms with E-state index in [0.717, 1.165) is 55.3 Å². The van der Waals surface area contributed by atoms with Crippen LogP contribution in [0.2, 0.25) is 0 Å². The molecule has 8 aromatic rings. The van der Waals surface area contributed by atoms with Gasteiger partial charge in [0, 0.05) is 30.9 Å². The van der Waals surface area contributed by atoms with Gasteiger partial charge in [-0.15, -0.1) is 11.3 Å². The topological polar surface area (TPSA) is 60.7 Å². The maximum absolute atomic E-state index is 10.0. The van der Waals surface area contributed by atoms with Crippen molar-refractivity contribution in [2.24, 2.45) is 0 Å². The lowest BCUT2D eigenvalue weighted by Crippen LogP contribution is -1.90. The Hall–Kier alpha value is -5.68. The van der Waals surface area contributed by atoms with Crippen LogP contribution in [0.3, 0.4) is 0 Å². The summed E-state index contributed by atoms with van der Waals surface area (Å²) in [6.07, 6.45) is 0. The molecule has 0 radical (unpaired) electrons. The van der Waals surface area contributed by atoms with Gasteiger partial charge in [0.15, 0.2) is 0 Å². The molecular weight excluding hydrogens is 532 g/mol. The molecule has 2 heterocycles. The summed E-state index contributed by atoms with van der Waals surface area (Å²) in [7, 11) is 0. The van der Waals surface area contributed by atoms with Crippen LogP contribution in [0, 0.1) is 22.7 Å². The van der Waals surface area contributed by atoms with E-state index in [2.05, 4.69) is 84.9 Å². The van der Waals surface area contributed by atoms with E-state index in [1.54, 1.807) is 23.5 Å². The first-order valence-corrected chi connectivity index (χ1v) is 14.4. The SMILES string of the molecule is N#Cc1ccc(-c2cc(-c3ccc4sc5ccccc5c4c3)cc(-c3cccc4oc5ccccc5c34)c2)c(C#N)c1. The zero-order valence-electron chi connectivity index (χ0n) is 22.3. The van der Waals surface area contributed by atoms with Gasteiger partial charge in [0.2, 0.25) is 0 Å². The first-order chi connectivity index (χ1) is 20.7. The summed E-state index contributed by atoms with van der Waals surface area (Å²) in [4.78, 5) is 0. The highest BCUT2D eigenvalue weighted by Gasteiger charge is 2.16. The lowest BCUT2D eigenvalue weighted by Gasteiger charge is -2.13. The Morgan fingerprint density at radius 3 is 2.10 bits per heavy atom. The molecule has 194 valence electrons. The van der Waals surface area contributed by atoms with Crippen molar-refractivity contribution in [2.45, 2.75) is 0 Å². The summed E-state index contributed by atoms with van der Waals surface area (Å²) in [6.45, 7) is 0. The Labute approximate surface area is 245 Å². The number of fused-ring (bicyclic) bond motifs is 6. The zero-order valence-corrected chi connectivity index (χ0v) is 23.1. The van der Waals surface area contributed by atoms with Crippen molar-refractivity contribution >= 4 is 53.4 Å². The van der Waals surface area contributed by atoms with Gasteiger partial charge in [0.05, 0.1) is 23.3 Å². The molecule has 6 aromatic carbocycles. The molecule has 2 aromatic heterocycles. The van der Waals surface area contributed by atoms with Crippen molar-refractivity contribution in [2.75, 3.05) is 0 Å². The Morgan fingerprint density at radius 1 is 0.500 bits per heavy atom. The molecule has 8 rings (SSSR count). The second-order valence-electron chi connectivity index (χ2n) is 10.4. The minimum absolute atomic E-state index is 0.469. The van der Waals surface area contributed by atoms with E-state index < -0.39 is 0 Å². The third-order valence-corrected chi connectivity index (χ3v) is 9.09. The summed E-state index contributed by atoms with van der Waals surface area (Å²) in [5, 5.41) is 24.1. The summed E-state index contributed by atoms with van der Waals surface area (Å²) < 4.78 is 8.74. The van der Waals surface area contributed by atoms with Gasteiger partial charge < -0.3 is 4.42 Å². The number of para-hydroxylation sites is 1. The largest absolute Gasteiger partial charge is 0.456 e. The number of benzene rings is 6. The normalized spacial score (nSPS) is 11.3. The van der Waals surface area contributed by atoms with Gasteiger partial charge in [0.1, 0.15) is 11.2 Å². The van der Waals surface area contributed by atoms with E-state index in [1.165, 1.54) is 20.2 Å². The van der Waals surface area contributed by atoms with E-state index in [9.17, 15) is 10.5 Å². The molecule has 0 unspecified atom stereocenters. The van der Waals surface area contributed by atoms with Gasteiger partial charge in [-0.3, -0.25) is 0 Å². The minimum Gasteiger partial charge on any atom is -0.456 e. The highest BCUT2D eigenvalue weighted by molar-refractivity contribution is 7.25. The van der Waals surface area contributed by atoms with Crippen LogP contribution in [0.15, 0.2) is 126 Å². The average molecular weight is 553 g/mol. The first kappa shape index (κ1) is 24.1. The van der Waals surface area contributed by atoms with Crippen LogP contribution in [0.25, 0.3) is 75.5 Å². The Bertz CT molecular complexity index is 2450. The quantitative estimate of drug-likeness (QED) is 0.219. The second-order valence-corrected chi connectivity index (χ2v) is 11.5. The summed E-state index contributed by atoms with van der Waals surface area (Å²) in [6, 6.07) is 45.8. The van der Waals surface area contributed by atoms with Crippen molar-refractivity contribution in [3.63, 3.8) is 0 Å². The Balaban J connectivity index is 1.42. The standard InChI is InChI=1S/C38H20N2OS/c39-21-23-12-14-29(28(16-23)22-40)26-17-25(24-13-15-37-33(20-24)31-6-2-4-11-36(31)42-37)18-27(19-26)30-8-5-10-35-38(30)32-7-1-3-9-34(32)41-35/h1-20H. The summed E-state index contributed by atoms with van der Waals surface area (Å²) in [5.74, 6) is 0. The van der Waals surface area contributed by atoms with Crippen LogP contribution in [0.1, 0.15) is 11.1 Å². The van der Waals surface area contributed by atoms with E-state index in [4.69, 9.17) is 4.42 Å². The van der Waals surface area contributed by atoms with Crippen LogP contribution in [-0.4, -0.2) is 0 Å². The third-order valence-electron chi connectivity index (χ3n) is 7.94. The molecule has 4 heteroatoms. The summed E-state index contributed by atoms with van der Waals surface area (Å²) >= 11 is 1.80. The predicted octanol–water partition coefficient (Wildman–Crippen LogP) is 10.7. The molecule has 0 aliphatic rings. The fourth-order valence-electron chi connectivity index (χ4n) is 5.98. The zero-order chi connectivity index (χ0) is 28.2. The molecule has 0 N–H and O–H groups in total. The van der Waals surface area contributed by atoms with Gasteiger partial charge in [-0.1, -0.05) is 60.7 Å². The second kappa shape index (κ2) is 9.46. The lowest BCUT2D eigenvalue weighted by molar-refractivity contribution is 0.669. The molecule has 0 fully saturated rings. The van der Waals surface area contributed by atoms with E-state index in [0.29, 0.717) is 11.1 Å². The van der Waals surface area contributed by atoms with Crippen molar-refractivity contribution < 1.29 is 4.42 Å². The monoisotopic (exact) mass is 552 g/mol. The molecule has 0 spiro atoms. The summed E-state index contributed by atoms with van der Waals surface area (Å²) in [5.41, 5.74) is 8.60. The van der Waals surface area contributed by atoms with Crippen molar-refractivity contribution in [1.82, 2.24) is 0 Å². The minimum atomic E-state index is 0.469. The molecule has 0 saturated heterocycles. The van der Waals surface area contributed by atoms with Gasteiger partial charge in [-0.2, -0.15) is 10.5 Å². The van der Waals surface area contributed by atoms with Crippen molar-refractivity contribution in [1.29, 1.82) is 10.5 Å². The fourth-order valence-corrected chi connectivity index (χ4v) is 7.07. The van der Waals surface area contributed by atoms with Crippen molar-refractivity contribution in [3.8, 4) is 45.5 Å². The predicted molar refractivity (Wildman–Crippen MR) is 172 cm³/mol. The molecule has 0 amide bonds. The Kier molecular flexibility index (Phi) is 5.44. The molecule has 0 bridgehead atoms. The van der Waals surface area contributed by atoms with Gasteiger partial charge in [0.25, 0.3) is 0 Å². The molecule has 3 nitrogen and oxygen atoms in total. The number of furan rings is 1. The Morgan fingerprint density at radius 2 is 1.24 bits per heavy atom. The third kappa shape index (κ3) is 3.79. The van der Waals surface area contributed by atoms with Crippen LogP contribution in [0.4, 0.5) is 0 Å². The smallest absolute Gasteiger partial charge is 0.136 e. The number of nitriles is 2. The fraction of sp³-hybridized carbons (Fsp3) is 0. The number of nitrogens with zero attached hydrogens (tertiary/aromatic N) is 2. The molecule has 42 heavy (non-hydrogen) atoms. The lowest BCUT2D eigenvalue weighted by atomic mass is 9.89. The molecular formula is C38H20N2OS. The van der Waals surface area contributed by atoms with Gasteiger partial charge >= 0.3 is 0 Å². The number of hydrogen-bond acceptors (Lipinski definition) is 4. The molecule has 0 aliphatic carbocycles.